The number of nitrogens with one attached hydrogen (secondary N) is 1. The van der Waals surface area contributed by atoms with Gasteiger partial charge in [0, 0.05) is 24.0 Å². The first-order valence-electron chi connectivity index (χ1n) is 12.0. The molecule has 0 spiro atoms. The minimum Gasteiger partial charge on any atom is -0.355 e. The predicted octanol–water partition coefficient (Wildman–Crippen LogP) is 4.30. The number of carbonyl (C=O) groups excluding carboxylic acids is 2. The van der Waals surface area contributed by atoms with Gasteiger partial charge in [0.25, 0.3) is 0 Å². The number of halogens is 1. The molecule has 0 unspecified atom stereocenters. The fraction of sp³-hybridized carbons (Fsp3) is 0.286. The topological polar surface area (TPSA) is 86.8 Å². The van der Waals surface area contributed by atoms with Gasteiger partial charge >= 0.3 is 0 Å². The van der Waals surface area contributed by atoms with Gasteiger partial charge < -0.3 is 10.2 Å². The van der Waals surface area contributed by atoms with E-state index in [1.807, 2.05) is 74.5 Å². The maximum absolute atomic E-state index is 13.9. The molecule has 37 heavy (non-hydrogen) atoms. The van der Waals surface area contributed by atoms with Crippen LogP contribution in [0.25, 0.3) is 0 Å². The molecule has 2 amide bonds. The number of benzene rings is 3. The van der Waals surface area contributed by atoms with E-state index in [1.165, 1.54) is 4.90 Å². The first kappa shape index (κ1) is 28.4. The summed E-state index contributed by atoms with van der Waals surface area (Å²) in [6.07, 6.45) is 1.37. The molecule has 0 aliphatic rings. The number of nitrogens with zero attached hydrogens (tertiary/aromatic N) is 2. The molecule has 3 rings (SSSR count). The minimum atomic E-state index is -3.79. The molecule has 0 heterocycles. The van der Waals surface area contributed by atoms with Crippen LogP contribution >= 0.6 is 15.9 Å². The van der Waals surface area contributed by atoms with Gasteiger partial charge in [0.2, 0.25) is 21.8 Å². The van der Waals surface area contributed by atoms with Gasteiger partial charge in [-0.25, -0.2) is 8.42 Å². The lowest BCUT2D eigenvalue weighted by atomic mass is 10.0. The molecule has 3 aromatic rings. The van der Waals surface area contributed by atoms with E-state index in [0.29, 0.717) is 18.7 Å². The zero-order valence-corrected chi connectivity index (χ0v) is 23.6. The second-order valence-corrected chi connectivity index (χ2v) is 11.6. The Bertz CT molecular complexity index is 1320. The zero-order chi connectivity index (χ0) is 27.0. The van der Waals surface area contributed by atoms with Crippen LogP contribution in [-0.4, -0.2) is 50.5 Å². The van der Waals surface area contributed by atoms with E-state index in [4.69, 9.17) is 0 Å². The van der Waals surface area contributed by atoms with E-state index in [1.54, 1.807) is 18.2 Å². The summed E-state index contributed by atoms with van der Waals surface area (Å²) in [5.41, 5.74) is 2.95. The fourth-order valence-corrected chi connectivity index (χ4v) is 5.11. The zero-order valence-electron chi connectivity index (χ0n) is 21.2. The van der Waals surface area contributed by atoms with Crippen molar-refractivity contribution in [1.82, 2.24) is 10.2 Å². The molecule has 7 nitrogen and oxygen atoms in total. The molecule has 3 aromatic carbocycles. The maximum Gasteiger partial charge on any atom is 0.244 e. The molecule has 0 aliphatic carbocycles. The monoisotopic (exact) mass is 585 g/mol. The summed E-state index contributed by atoms with van der Waals surface area (Å²) in [6, 6.07) is 23.1. The molecule has 196 valence electrons. The summed E-state index contributed by atoms with van der Waals surface area (Å²) in [5, 5.41) is 2.85. The number of carbonyl (C=O) groups is 2. The van der Waals surface area contributed by atoms with Crippen LogP contribution in [0.15, 0.2) is 83.3 Å². The van der Waals surface area contributed by atoms with Crippen molar-refractivity contribution in [2.75, 3.05) is 23.7 Å². The van der Waals surface area contributed by atoms with Crippen LogP contribution in [-0.2, 0) is 32.6 Å². The first-order valence-corrected chi connectivity index (χ1v) is 14.6. The van der Waals surface area contributed by atoms with Crippen LogP contribution < -0.4 is 9.62 Å². The second kappa shape index (κ2) is 12.9. The average molecular weight is 587 g/mol. The van der Waals surface area contributed by atoms with Crippen LogP contribution in [0.2, 0.25) is 0 Å². The van der Waals surface area contributed by atoms with Gasteiger partial charge in [-0.3, -0.25) is 13.9 Å². The normalized spacial score (nSPS) is 12.0. The summed E-state index contributed by atoms with van der Waals surface area (Å²) in [7, 11) is -3.79. The number of likely N-dealkylation sites (N-methyl/N-ethyl adjacent to an activating group) is 1. The number of aryl methyl sites for hydroxylation is 1. The van der Waals surface area contributed by atoms with Gasteiger partial charge in [0.15, 0.2) is 0 Å². The Morgan fingerprint density at radius 2 is 1.54 bits per heavy atom. The molecule has 1 atom stereocenters. The molecule has 0 saturated heterocycles. The maximum atomic E-state index is 13.9. The largest absolute Gasteiger partial charge is 0.355 e. The highest BCUT2D eigenvalue weighted by Gasteiger charge is 2.32. The van der Waals surface area contributed by atoms with Gasteiger partial charge in [0.05, 0.1) is 11.9 Å². The predicted molar refractivity (Wildman–Crippen MR) is 151 cm³/mol. The fourth-order valence-electron chi connectivity index (χ4n) is 4.02. The smallest absolute Gasteiger partial charge is 0.244 e. The van der Waals surface area contributed by atoms with Gasteiger partial charge in [-0.2, -0.15) is 0 Å². The van der Waals surface area contributed by atoms with Crippen molar-refractivity contribution in [3.8, 4) is 0 Å². The Balaban J connectivity index is 2.03. The molecule has 0 aliphatic heterocycles. The first-order chi connectivity index (χ1) is 17.6. The highest BCUT2D eigenvalue weighted by molar-refractivity contribution is 9.10. The van der Waals surface area contributed by atoms with Crippen molar-refractivity contribution in [2.45, 2.75) is 32.9 Å². The van der Waals surface area contributed by atoms with E-state index >= 15 is 0 Å². The van der Waals surface area contributed by atoms with Crippen molar-refractivity contribution in [3.63, 3.8) is 0 Å². The Hall–Kier alpha value is -3.17. The van der Waals surface area contributed by atoms with Crippen LogP contribution in [0.5, 0.6) is 0 Å². The number of hydrogen-bond acceptors (Lipinski definition) is 4. The molecular weight excluding hydrogens is 554 g/mol. The molecule has 0 aromatic heterocycles. The minimum absolute atomic E-state index is 0.158. The second-order valence-electron chi connectivity index (χ2n) is 8.81. The number of hydrogen-bond donors (Lipinski definition) is 1. The van der Waals surface area contributed by atoms with Crippen molar-refractivity contribution in [3.05, 3.63) is 100 Å². The Labute approximate surface area is 227 Å². The molecular formula is C28H32BrN3O4S. The number of amides is 2. The number of rotatable bonds is 11. The van der Waals surface area contributed by atoms with E-state index in [9.17, 15) is 18.0 Å². The van der Waals surface area contributed by atoms with Crippen molar-refractivity contribution >= 4 is 43.5 Å². The lowest BCUT2D eigenvalue weighted by Gasteiger charge is -2.33. The van der Waals surface area contributed by atoms with Gasteiger partial charge in [0.1, 0.15) is 12.6 Å². The molecule has 0 bridgehead atoms. The molecule has 0 fully saturated rings. The lowest BCUT2D eigenvalue weighted by molar-refractivity contribution is -0.140. The highest BCUT2D eigenvalue weighted by atomic mass is 79.9. The average Bonchev–Trinajstić information content (AvgIpc) is 2.87. The Morgan fingerprint density at radius 1 is 0.946 bits per heavy atom. The Kier molecular flexibility index (Phi) is 9.88. The number of sulfonamides is 1. The summed E-state index contributed by atoms with van der Waals surface area (Å²) in [5.74, 6) is -0.761. The third kappa shape index (κ3) is 7.90. The van der Waals surface area contributed by atoms with Crippen LogP contribution in [0, 0.1) is 6.92 Å². The lowest BCUT2D eigenvalue weighted by Crippen LogP contribution is -2.53. The van der Waals surface area contributed by atoms with Gasteiger partial charge in [-0.05, 0) is 48.7 Å². The standard InChI is InChI=1S/C28H32BrN3O4S/c1-4-30-28(34)26(18-22-11-7-5-8-12-22)31(19-23-13-9-6-10-14-23)27(33)20-32(37(3,35)36)24-15-16-25(29)21(2)17-24/h5-17,26H,4,18-20H2,1-3H3,(H,30,34)/t26-/m0/s1. The summed E-state index contributed by atoms with van der Waals surface area (Å²) in [4.78, 5) is 28.7. The third-order valence-corrected chi connectivity index (χ3v) is 7.96. The highest BCUT2D eigenvalue weighted by Crippen LogP contribution is 2.25. The van der Waals surface area contributed by atoms with Crippen molar-refractivity contribution in [1.29, 1.82) is 0 Å². The van der Waals surface area contributed by atoms with Crippen LogP contribution in [0.4, 0.5) is 5.69 Å². The van der Waals surface area contributed by atoms with E-state index in [0.717, 1.165) is 31.7 Å². The summed E-state index contributed by atoms with van der Waals surface area (Å²) >= 11 is 3.43. The van der Waals surface area contributed by atoms with Gasteiger partial charge in [-0.15, -0.1) is 0 Å². The third-order valence-electron chi connectivity index (χ3n) is 5.93. The van der Waals surface area contributed by atoms with Crippen molar-refractivity contribution in [2.24, 2.45) is 0 Å². The Morgan fingerprint density at radius 3 is 2.08 bits per heavy atom. The number of anilines is 1. The van der Waals surface area contributed by atoms with E-state index < -0.39 is 28.5 Å². The van der Waals surface area contributed by atoms with E-state index in [2.05, 4.69) is 21.2 Å². The van der Waals surface area contributed by atoms with Crippen LogP contribution in [0.3, 0.4) is 0 Å². The SMILES string of the molecule is CCNC(=O)[C@H](Cc1ccccc1)N(Cc1ccccc1)C(=O)CN(c1ccc(Br)c(C)c1)S(C)(=O)=O. The molecule has 0 saturated carbocycles. The summed E-state index contributed by atoms with van der Waals surface area (Å²) < 4.78 is 27.5. The van der Waals surface area contributed by atoms with Gasteiger partial charge in [-0.1, -0.05) is 76.6 Å². The van der Waals surface area contributed by atoms with Crippen molar-refractivity contribution < 1.29 is 18.0 Å². The molecule has 1 N–H and O–H groups in total. The summed E-state index contributed by atoms with van der Waals surface area (Å²) in [6.45, 7) is 3.80. The van der Waals surface area contributed by atoms with Crippen LogP contribution in [0.1, 0.15) is 23.6 Å². The molecule has 9 heteroatoms. The molecule has 0 radical (unpaired) electrons. The van der Waals surface area contributed by atoms with E-state index in [-0.39, 0.29) is 12.5 Å². The quantitative estimate of drug-likeness (QED) is 0.363.